The van der Waals surface area contributed by atoms with Crippen LogP contribution in [0.2, 0.25) is 0 Å². The molecule has 0 saturated carbocycles. The number of ether oxygens (including phenoxy) is 2. The number of hydrogen-bond acceptors (Lipinski definition) is 3. The van der Waals surface area contributed by atoms with E-state index in [1.807, 2.05) is 0 Å². The average Bonchev–Trinajstić information content (AvgIpc) is 2.73. The van der Waals surface area contributed by atoms with E-state index in [-0.39, 0.29) is 23.1 Å². The maximum atomic E-state index is 10.6. The lowest BCUT2D eigenvalue weighted by molar-refractivity contribution is 0.106. The van der Waals surface area contributed by atoms with Crippen LogP contribution in [0.4, 0.5) is 0 Å². The minimum Gasteiger partial charge on any atom is -0.454 e. The van der Waals surface area contributed by atoms with E-state index in [0.717, 1.165) is 6.07 Å². The van der Waals surface area contributed by atoms with Crippen molar-refractivity contribution in [2.45, 2.75) is 26.6 Å². The highest BCUT2D eigenvalue weighted by Crippen LogP contribution is 2.33. The largest absolute Gasteiger partial charge is 0.454 e. The molecule has 0 spiro atoms. The van der Waals surface area contributed by atoms with Crippen LogP contribution in [0, 0.1) is 5.41 Å². The van der Waals surface area contributed by atoms with Gasteiger partial charge < -0.3 is 14.6 Å². The van der Waals surface area contributed by atoms with Crippen molar-refractivity contribution in [2.24, 2.45) is 5.41 Å². The Morgan fingerprint density at radius 2 is 2.29 bits per heavy atom. The fraction of sp³-hybridized carbons (Fsp3) is 0.429. The predicted octanol–water partition coefficient (Wildman–Crippen LogP) is 2.84. The van der Waals surface area contributed by atoms with Gasteiger partial charge in [-0.3, -0.25) is 0 Å². The first kappa shape index (κ1) is 3.75. The third-order valence-corrected chi connectivity index (χ3v) is 2.01. The standard InChI is InChI=1S/C14H18O3/c1-14(2,3)13(15)7-5-10-4-6-11-12(8-10)17-9-16-11/h4-8,13,15H,9H2,1-3H3/b7-5+/i1D3,2D3,3D3,5D,9D2,13D. The van der Waals surface area contributed by atoms with Crippen molar-refractivity contribution in [3.05, 3.63) is 29.8 Å². The second kappa shape index (κ2) is 4.41. The van der Waals surface area contributed by atoms with Crippen molar-refractivity contribution in [1.29, 1.82) is 0 Å². The van der Waals surface area contributed by atoms with Crippen molar-refractivity contribution in [2.75, 3.05) is 6.75 Å². The molecule has 0 fully saturated rings. The molecule has 0 saturated heterocycles. The molecule has 1 unspecified atom stereocenters. The van der Waals surface area contributed by atoms with E-state index in [1.54, 1.807) is 0 Å². The van der Waals surface area contributed by atoms with Crippen molar-refractivity contribution < 1.29 is 32.4 Å². The summed E-state index contributed by atoms with van der Waals surface area (Å²) in [6.45, 7) is -14.0. The lowest BCUT2D eigenvalue weighted by Crippen LogP contribution is -2.23. The van der Waals surface area contributed by atoms with Gasteiger partial charge in [0.25, 0.3) is 0 Å². The maximum Gasteiger partial charge on any atom is 0.231 e. The van der Waals surface area contributed by atoms with Crippen LogP contribution in [0.3, 0.4) is 0 Å². The molecule has 92 valence electrons. The fourth-order valence-corrected chi connectivity index (χ4v) is 1.13. The van der Waals surface area contributed by atoms with Crippen LogP contribution in [0.5, 0.6) is 11.5 Å². The molecule has 0 bridgehead atoms. The molecule has 1 aromatic carbocycles. The summed E-state index contributed by atoms with van der Waals surface area (Å²) in [5, 5.41) is 10.6. The van der Waals surface area contributed by atoms with Gasteiger partial charge in [0.05, 0.1) is 8.82 Å². The molecule has 3 heteroatoms. The minimum atomic E-state index is -3.93. The molecule has 3 nitrogen and oxygen atoms in total. The normalized spacial score (nSPS) is 35.4. The van der Waals surface area contributed by atoms with Crippen molar-refractivity contribution in [1.82, 2.24) is 0 Å². The zero-order valence-electron chi connectivity index (χ0n) is 21.6. The Bertz CT molecular complexity index is 812. The zero-order valence-corrected chi connectivity index (χ0v) is 8.57. The first-order valence-electron chi connectivity index (χ1n) is 11.1. The van der Waals surface area contributed by atoms with E-state index in [0.29, 0.717) is 0 Å². The minimum absolute atomic E-state index is 0.0143. The van der Waals surface area contributed by atoms with Gasteiger partial charge in [-0.15, -0.1) is 0 Å². The highest BCUT2D eigenvalue weighted by atomic mass is 16.7. The SMILES string of the molecule is [2H]/C(=C\C([2H])(O)C(C([2H])([2H])[2H])(C([2H])([2H])[2H])C([2H])([2H])[2H])c1ccc2c(c1)OC([2H])([2H])O2. The number of hydrogen-bond donors (Lipinski definition) is 1. The molecule has 1 atom stereocenters. The summed E-state index contributed by atoms with van der Waals surface area (Å²) in [7, 11) is 0. The summed E-state index contributed by atoms with van der Waals surface area (Å²) in [6, 6.07) is 2.68. The van der Waals surface area contributed by atoms with E-state index in [2.05, 4.69) is 0 Å². The van der Waals surface area contributed by atoms with Crippen LogP contribution in [0.15, 0.2) is 24.3 Å². The summed E-state index contributed by atoms with van der Waals surface area (Å²) in [6.07, 6.45) is -3.54. The second-order valence-corrected chi connectivity index (χ2v) is 3.37. The molecule has 0 radical (unpaired) electrons. The van der Waals surface area contributed by atoms with E-state index in [4.69, 9.17) is 27.3 Å². The molecule has 1 aliphatic heterocycles. The molecule has 0 aliphatic carbocycles. The van der Waals surface area contributed by atoms with Gasteiger partial charge >= 0.3 is 0 Å². The quantitative estimate of drug-likeness (QED) is 0.873. The smallest absolute Gasteiger partial charge is 0.231 e. The number of rotatable bonds is 2. The molecule has 1 heterocycles. The highest BCUT2D eigenvalue weighted by Gasteiger charge is 2.19. The maximum absolute atomic E-state index is 10.6. The zero-order chi connectivity index (χ0) is 23.6. The van der Waals surface area contributed by atoms with Crippen LogP contribution >= 0.6 is 0 Å². The lowest BCUT2D eigenvalue weighted by atomic mass is 9.89. The van der Waals surface area contributed by atoms with E-state index in [1.165, 1.54) is 12.1 Å². The van der Waals surface area contributed by atoms with Gasteiger partial charge in [-0.05, 0) is 23.1 Å². The highest BCUT2D eigenvalue weighted by molar-refractivity contribution is 5.56. The lowest BCUT2D eigenvalue weighted by Gasteiger charge is -2.22. The van der Waals surface area contributed by atoms with Gasteiger partial charge in [0.2, 0.25) is 6.75 Å². The fourth-order valence-electron chi connectivity index (χ4n) is 1.13. The van der Waals surface area contributed by atoms with Crippen molar-refractivity contribution in [3.63, 3.8) is 0 Å². The third-order valence-electron chi connectivity index (χ3n) is 2.01. The molecule has 0 aromatic heterocycles. The van der Waals surface area contributed by atoms with Gasteiger partial charge in [0.1, 0.15) is 2.74 Å². The number of fused-ring (bicyclic) bond motifs is 1. The average molecular weight is 247 g/mol. The topological polar surface area (TPSA) is 38.7 Å². The third kappa shape index (κ3) is 2.80. The summed E-state index contributed by atoms with van der Waals surface area (Å²) in [5.74, 6) is -0.155. The summed E-state index contributed by atoms with van der Waals surface area (Å²) in [5.41, 5.74) is -4.07. The van der Waals surface area contributed by atoms with Gasteiger partial charge in [0, 0.05) is 12.3 Å². The van der Waals surface area contributed by atoms with Gasteiger partial charge in [-0.1, -0.05) is 38.8 Å². The Hall–Kier alpha value is -1.48. The van der Waals surface area contributed by atoms with E-state index >= 15 is 0 Å². The van der Waals surface area contributed by atoms with Gasteiger partial charge in [-0.25, -0.2) is 0 Å². The summed E-state index contributed by atoms with van der Waals surface area (Å²) in [4.78, 5) is 0. The van der Waals surface area contributed by atoms with Crippen molar-refractivity contribution in [3.8, 4) is 11.5 Å². The Labute approximate surface area is 120 Å². The van der Waals surface area contributed by atoms with Crippen molar-refractivity contribution >= 4 is 6.05 Å². The van der Waals surface area contributed by atoms with Gasteiger partial charge in [0.15, 0.2) is 11.5 Å². The molecular formula is C14H18O3. The molecule has 0 amide bonds. The molecular weight excluding hydrogens is 216 g/mol. The molecule has 1 aromatic rings. The van der Waals surface area contributed by atoms with Crippen LogP contribution < -0.4 is 9.47 Å². The Morgan fingerprint density at radius 1 is 1.53 bits per heavy atom. The Balaban J connectivity index is 2.65. The monoisotopic (exact) mass is 247 g/mol. The van der Waals surface area contributed by atoms with Crippen LogP contribution in [0.25, 0.3) is 6.05 Å². The Morgan fingerprint density at radius 3 is 3.06 bits per heavy atom. The van der Waals surface area contributed by atoms with Crippen LogP contribution in [-0.4, -0.2) is 17.9 Å². The van der Waals surface area contributed by atoms with E-state index in [9.17, 15) is 5.11 Å². The molecule has 1 aliphatic rings. The summed E-state index contributed by atoms with van der Waals surface area (Å²) >= 11 is 0. The first-order valence-corrected chi connectivity index (χ1v) is 4.61. The van der Waals surface area contributed by atoms with Crippen LogP contribution in [-0.2, 0) is 0 Å². The number of aliphatic hydroxyl groups is 1. The molecule has 17 heavy (non-hydrogen) atoms. The predicted molar refractivity (Wildman–Crippen MR) is 67.1 cm³/mol. The van der Waals surface area contributed by atoms with Gasteiger partial charge in [-0.2, -0.15) is 0 Å². The van der Waals surface area contributed by atoms with E-state index < -0.39 is 44.8 Å². The first-order chi connectivity index (χ1) is 13.2. The molecule has 1 N–H and O–H groups in total. The second-order valence-electron chi connectivity index (χ2n) is 3.37. The van der Waals surface area contributed by atoms with Crippen LogP contribution in [0.1, 0.15) is 43.9 Å². The summed E-state index contributed by atoms with van der Waals surface area (Å²) < 4.78 is 109. The number of benzene rings is 1. The Kier molecular flexibility index (Phi) is 0.975. The molecule has 2 rings (SSSR count).